The molecule has 0 heterocycles. The van der Waals surface area contributed by atoms with Gasteiger partial charge >= 0.3 is 47.9 Å². The second-order valence-electron chi connectivity index (χ2n) is 18.1. The fourth-order valence-electron chi connectivity index (χ4n) is 7.28. The Balaban J connectivity index is 0.882. The van der Waals surface area contributed by atoms with Crippen LogP contribution in [0.4, 0.5) is 37.7 Å². The zero-order valence-electron chi connectivity index (χ0n) is 44.3. The van der Waals surface area contributed by atoms with E-state index in [9.17, 15) is 60.4 Å². The first-order chi connectivity index (χ1) is 39.2. The highest BCUT2D eigenvalue weighted by Gasteiger charge is 2.27. The van der Waals surface area contributed by atoms with Crippen molar-refractivity contribution in [3.05, 3.63) is 159 Å². The van der Waals surface area contributed by atoms with Crippen molar-refractivity contribution in [3.63, 3.8) is 0 Å². The van der Waals surface area contributed by atoms with E-state index in [1.165, 1.54) is 103 Å². The fraction of sp³-hybridized carbons (Fsp3) is 0.339. The molecular formula is C59H60F6N2O15. The van der Waals surface area contributed by atoms with Gasteiger partial charge in [0.05, 0.1) is 66.9 Å². The third-order valence-corrected chi connectivity index (χ3v) is 11.5. The van der Waals surface area contributed by atoms with Gasteiger partial charge in [-0.3, -0.25) is 10.1 Å². The molecule has 0 radical (unpaired) electrons. The zero-order chi connectivity index (χ0) is 59.3. The molecule has 0 aliphatic carbocycles. The van der Waals surface area contributed by atoms with Gasteiger partial charge in [-0.25, -0.2) is 24.0 Å². The summed E-state index contributed by atoms with van der Waals surface area (Å²) >= 11 is 0. The Labute approximate surface area is 468 Å². The molecule has 0 unspecified atom stereocenters. The molecule has 0 bridgehead atoms. The number of anilines is 1. The summed E-state index contributed by atoms with van der Waals surface area (Å²) in [5.41, 5.74) is 7.03. The Kier molecular flexibility index (Phi) is 25.7. The van der Waals surface area contributed by atoms with E-state index in [4.69, 9.17) is 43.6 Å². The number of carbonyl (C=O) groups excluding carboxylic acids is 5. The maximum atomic E-state index is 12.8. The van der Waals surface area contributed by atoms with Crippen LogP contribution in [0.1, 0.15) is 119 Å². The number of unbranched alkanes of at least 4 members (excludes halogenated alkanes) is 6. The summed E-state index contributed by atoms with van der Waals surface area (Å²) in [5.74, 6) is -2.31. The minimum atomic E-state index is -4.26. The van der Waals surface area contributed by atoms with Gasteiger partial charge < -0.3 is 43.6 Å². The quantitative estimate of drug-likeness (QED) is 0.00474. The molecule has 438 valence electrons. The SMILES string of the molecule is Nc1cc(C(=O)OCCCCCCOC(=O)/C=C/c2ccc(OC(=O)c3ccc(OCCCC(F)(F)F)cc3)cc2)cc([N+](=O)[O-])c1OCCCCCCOC(=O)/C=C/c1ccc(OC(=O)c2ccc(OCCCC(F)(F)F)cc2)cc1. The van der Waals surface area contributed by atoms with E-state index < -0.39 is 65.7 Å². The normalized spacial score (nSPS) is 11.5. The van der Waals surface area contributed by atoms with Gasteiger partial charge in [0.2, 0.25) is 5.75 Å². The van der Waals surface area contributed by atoms with E-state index in [1.54, 1.807) is 24.3 Å². The van der Waals surface area contributed by atoms with Crippen LogP contribution >= 0.6 is 0 Å². The first-order valence-electron chi connectivity index (χ1n) is 26.0. The summed E-state index contributed by atoms with van der Waals surface area (Å²) in [5, 5.41) is 11.9. The molecule has 2 N–H and O–H groups in total. The summed E-state index contributed by atoms with van der Waals surface area (Å²) in [6, 6.07) is 26.5. The Morgan fingerprint density at radius 2 is 0.829 bits per heavy atom. The maximum absolute atomic E-state index is 12.8. The number of rotatable bonds is 33. The van der Waals surface area contributed by atoms with Crippen LogP contribution in [0.25, 0.3) is 12.2 Å². The summed E-state index contributed by atoms with van der Waals surface area (Å²) in [6.45, 7) is 0.173. The molecule has 23 heteroatoms. The molecule has 5 aromatic carbocycles. The van der Waals surface area contributed by atoms with Gasteiger partial charge in [0.25, 0.3) is 0 Å². The minimum Gasteiger partial charge on any atom is -0.494 e. The second kappa shape index (κ2) is 33.0. The lowest BCUT2D eigenvalue weighted by Crippen LogP contribution is -2.10. The van der Waals surface area contributed by atoms with Crippen molar-refractivity contribution in [1.29, 1.82) is 0 Å². The number of halogens is 6. The van der Waals surface area contributed by atoms with Crippen LogP contribution in [0.3, 0.4) is 0 Å². The van der Waals surface area contributed by atoms with E-state index in [0.717, 1.165) is 6.07 Å². The van der Waals surface area contributed by atoms with Crippen molar-refractivity contribution in [1.82, 2.24) is 0 Å². The molecular weight excluding hydrogens is 1090 g/mol. The van der Waals surface area contributed by atoms with Crippen LogP contribution in [0, 0.1) is 10.1 Å². The van der Waals surface area contributed by atoms with E-state index in [1.807, 2.05) is 0 Å². The molecule has 0 aliphatic heterocycles. The van der Waals surface area contributed by atoms with Crippen molar-refractivity contribution in [2.24, 2.45) is 0 Å². The van der Waals surface area contributed by atoms with E-state index in [2.05, 4.69) is 0 Å². The summed E-state index contributed by atoms with van der Waals surface area (Å²) in [7, 11) is 0. The van der Waals surface area contributed by atoms with E-state index in [-0.39, 0.29) is 92.1 Å². The van der Waals surface area contributed by atoms with Crippen LogP contribution in [0.2, 0.25) is 0 Å². The first kappa shape index (κ1) is 63.9. The van der Waals surface area contributed by atoms with Crippen LogP contribution < -0.4 is 29.4 Å². The number of alkyl halides is 6. The van der Waals surface area contributed by atoms with Crippen LogP contribution in [-0.4, -0.2) is 86.8 Å². The molecule has 0 aliphatic rings. The lowest BCUT2D eigenvalue weighted by Gasteiger charge is -2.11. The van der Waals surface area contributed by atoms with Crippen LogP contribution in [-0.2, 0) is 23.8 Å². The smallest absolute Gasteiger partial charge is 0.389 e. The Morgan fingerprint density at radius 1 is 0.451 bits per heavy atom. The van der Waals surface area contributed by atoms with Crippen LogP contribution in [0.15, 0.2) is 121 Å². The van der Waals surface area contributed by atoms with Crippen molar-refractivity contribution < 1.29 is 93.1 Å². The highest BCUT2D eigenvalue weighted by Crippen LogP contribution is 2.35. The molecule has 0 spiro atoms. The average molecular weight is 1150 g/mol. The predicted molar refractivity (Wildman–Crippen MR) is 287 cm³/mol. The van der Waals surface area contributed by atoms with Gasteiger partial charge in [0.1, 0.15) is 23.0 Å². The molecule has 0 fully saturated rings. The van der Waals surface area contributed by atoms with Gasteiger partial charge in [-0.2, -0.15) is 26.3 Å². The number of ether oxygens (including phenoxy) is 8. The van der Waals surface area contributed by atoms with Crippen LogP contribution in [0.5, 0.6) is 28.7 Å². The molecule has 17 nitrogen and oxygen atoms in total. The number of hydrogen-bond donors (Lipinski definition) is 1. The van der Waals surface area contributed by atoms with Gasteiger partial charge in [-0.05, 0) is 166 Å². The molecule has 0 saturated carbocycles. The monoisotopic (exact) mass is 1150 g/mol. The van der Waals surface area contributed by atoms with E-state index >= 15 is 0 Å². The summed E-state index contributed by atoms with van der Waals surface area (Å²) in [4.78, 5) is 73.5. The molecule has 82 heavy (non-hydrogen) atoms. The number of nitrogens with zero attached hydrogens (tertiary/aromatic N) is 1. The number of nitrogens with two attached hydrogens (primary N) is 1. The standard InChI is InChI=1S/C59H60F6N2O15/c60-58(61,62)31-9-37-75-46-25-17-43(18-26-46)56(71)81-48-21-11-41(12-22-48)15-29-52(68)77-33-5-1-3-7-35-79-54-50(66)39-45(40-51(54)67(73)74)55(70)80-36-8-4-2-6-34-78-53(69)30-16-42-13-23-49(24-14-42)82-57(72)44-19-27-47(28-20-44)76-38-10-32-59(63,64)65/h11-30,39-40H,1-10,31-38,66H2/b29-15+,30-16+. The fourth-order valence-corrected chi connectivity index (χ4v) is 7.28. The lowest BCUT2D eigenvalue weighted by molar-refractivity contribution is -0.385. The number of carbonyl (C=O) groups is 5. The Bertz CT molecular complexity index is 2930. The largest absolute Gasteiger partial charge is 0.494 e. The minimum absolute atomic E-state index is 0.0317. The molecule has 0 saturated heterocycles. The third kappa shape index (κ3) is 24.6. The maximum Gasteiger partial charge on any atom is 0.389 e. The third-order valence-electron chi connectivity index (χ3n) is 11.5. The van der Waals surface area contributed by atoms with Crippen molar-refractivity contribution in [2.45, 2.75) is 89.4 Å². The van der Waals surface area contributed by atoms with Crippen molar-refractivity contribution >= 4 is 53.4 Å². The summed E-state index contributed by atoms with van der Waals surface area (Å²) in [6.07, 6.45) is -0.592. The van der Waals surface area contributed by atoms with Gasteiger partial charge in [-0.15, -0.1) is 0 Å². The Hall–Kier alpha value is -8.89. The lowest BCUT2D eigenvalue weighted by atomic mass is 10.1. The molecule has 5 rings (SSSR count). The number of nitrogen functional groups attached to an aromatic ring is 1. The summed E-state index contributed by atoms with van der Waals surface area (Å²) < 4.78 is 117. The molecule has 5 aromatic rings. The molecule has 0 aromatic heterocycles. The Morgan fingerprint density at radius 3 is 1.23 bits per heavy atom. The van der Waals surface area contributed by atoms with Gasteiger partial charge in [0.15, 0.2) is 0 Å². The average Bonchev–Trinajstić information content (AvgIpc) is 3.44. The number of benzene rings is 5. The number of hydrogen-bond acceptors (Lipinski definition) is 16. The van der Waals surface area contributed by atoms with Gasteiger partial charge in [-0.1, -0.05) is 24.3 Å². The number of esters is 5. The predicted octanol–water partition coefficient (Wildman–Crippen LogP) is 13.2. The van der Waals surface area contributed by atoms with Crippen molar-refractivity contribution in [2.75, 3.05) is 45.4 Å². The zero-order valence-corrected chi connectivity index (χ0v) is 44.3. The van der Waals surface area contributed by atoms with Crippen molar-refractivity contribution in [3.8, 4) is 28.7 Å². The second-order valence-corrected chi connectivity index (χ2v) is 18.1. The molecule has 0 atom stereocenters. The highest BCUT2D eigenvalue weighted by atomic mass is 19.4. The number of nitro groups is 1. The van der Waals surface area contributed by atoms with E-state index in [0.29, 0.717) is 74.0 Å². The van der Waals surface area contributed by atoms with Gasteiger partial charge in [0, 0.05) is 31.1 Å². The number of nitro benzene ring substituents is 1. The molecule has 0 amide bonds. The first-order valence-corrected chi connectivity index (χ1v) is 26.0. The topological polar surface area (TPSA) is 228 Å². The highest BCUT2D eigenvalue weighted by molar-refractivity contribution is 5.93.